The van der Waals surface area contributed by atoms with E-state index in [0.29, 0.717) is 5.54 Å². The van der Waals surface area contributed by atoms with Gasteiger partial charge in [-0.3, -0.25) is 0 Å². The average Bonchev–Trinajstić information content (AvgIpc) is 2.85. The minimum Gasteiger partial charge on any atom is -0.659 e. The quantitative estimate of drug-likeness (QED) is 0.279. The molecular weight excluding hydrogens is 497 g/mol. The second-order valence-electron chi connectivity index (χ2n) is 10.5. The molecule has 5 aliphatic rings. The Morgan fingerprint density at radius 1 is 0.923 bits per heavy atom. The fourth-order valence-electron chi connectivity index (χ4n) is 6.15. The Morgan fingerprint density at radius 2 is 1.38 bits per heavy atom. The normalized spacial score (nSPS) is 37.0. The van der Waals surface area contributed by atoms with Crippen molar-refractivity contribution in [2.24, 2.45) is 23.2 Å². The van der Waals surface area contributed by atoms with E-state index < -0.39 is 8.24 Å². The second kappa shape index (κ2) is 8.42. The molecule has 0 heterocycles. The fourth-order valence-corrected chi connectivity index (χ4v) is 8.74. The first-order chi connectivity index (χ1) is 10.7. The summed E-state index contributed by atoms with van der Waals surface area (Å²) in [6, 6.07) is 0. The minimum absolute atomic E-state index is 0. The molecule has 26 heavy (non-hydrogen) atoms. The van der Waals surface area contributed by atoms with Crippen LogP contribution >= 0.6 is 0 Å². The first-order valence-electron chi connectivity index (χ1n) is 9.67. The molecule has 0 saturated heterocycles. The molecule has 0 aromatic heterocycles. The molecule has 0 spiro atoms. The molecule has 0 unspecified atom stereocenters. The first-order valence-corrected chi connectivity index (χ1v) is 12.6. The summed E-state index contributed by atoms with van der Waals surface area (Å²) < 4.78 is 0. The number of nitrogens with zero attached hydrogens (tertiary/aromatic N) is 1. The Balaban J connectivity index is 0.00000113. The number of hydrogen-bond acceptors (Lipinski definition) is 0. The zero-order valence-electron chi connectivity index (χ0n) is 18.2. The van der Waals surface area contributed by atoms with Crippen molar-refractivity contribution in [1.29, 1.82) is 0 Å². The predicted octanol–water partition coefficient (Wildman–Crippen LogP) is 6.79. The van der Waals surface area contributed by atoms with Crippen molar-refractivity contribution >= 4 is 8.24 Å². The van der Waals surface area contributed by atoms with Gasteiger partial charge in [-0.25, -0.2) is 0 Å². The molecule has 143 valence electrons. The fraction of sp³-hybridized carbons (Fsp3) is 0.696. The van der Waals surface area contributed by atoms with Gasteiger partial charge in [-0.15, -0.1) is 5.54 Å². The summed E-state index contributed by atoms with van der Waals surface area (Å²) in [5.74, 6) is 4.48. The van der Waals surface area contributed by atoms with Crippen LogP contribution < -0.4 is 0 Å². The molecule has 1 nitrogen and oxygen atoms in total. The van der Waals surface area contributed by atoms with Gasteiger partial charge in [0.15, 0.2) is 0 Å². The van der Waals surface area contributed by atoms with Gasteiger partial charge in [0, 0.05) is 0 Å². The topological polar surface area (TPSA) is 14.1 Å². The van der Waals surface area contributed by atoms with Crippen molar-refractivity contribution in [3.63, 3.8) is 0 Å². The third kappa shape index (κ3) is 4.78. The second-order valence-corrected chi connectivity index (χ2v) is 14.4. The Kier molecular flexibility index (Phi) is 8.13. The summed E-state index contributed by atoms with van der Waals surface area (Å²) in [5, 5.41) is 0. The Bertz CT molecular complexity index is 432. The van der Waals surface area contributed by atoms with Crippen LogP contribution in [0.15, 0.2) is 0 Å². The van der Waals surface area contributed by atoms with Gasteiger partial charge >= 0.3 is 25.8 Å². The maximum atomic E-state index is 5.70. The minimum atomic E-state index is -1.70. The van der Waals surface area contributed by atoms with Crippen molar-refractivity contribution in [2.75, 3.05) is 0 Å². The summed E-state index contributed by atoms with van der Waals surface area (Å²) in [4.78, 5) is 5.70. The van der Waals surface area contributed by atoms with Gasteiger partial charge < -0.3 is 19.8 Å². The van der Waals surface area contributed by atoms with Crippen molar-refractivity contribution < 1.29 is 25.8 Å². The van der Waals surface area contributed by atoms with Crippen LogP contribution in [0.1, 0.15) is 59.3 Å². The molecule has 5 rings (SSSR count). The third-order valence-corrected chi connectivity index (χ3v) is 9.61. The largest absolute Gasteiger partial charge is 4.00 e. The summed E-state index contributed by atoms with van der Waals surface area (Å²) in [7, 11) is -1.70. The molecule has 4 bridgehead atoms. The smallest absolute Gasteiger partial charge is 0.659 e. The molecule has 5 saturated carbocycles. The number of hydrogen-bond donors (Lipinski definition) is 0. The summed E-state index contributed by atoms with van der Waals surface area (Å²) in [6.07, 6.45) is 16.0. The standard InChI is InChI=1S/C21H33NSi.2CH3.Hf/c1-20(2,3)18-6-7-19(11-18)23(4,5)22-21-12-15-8-16(13-21)10-17(9-15)14-21;;;/h6-7,11,15-17H,8-10,12-14H2,1-5H3;2*1H3;/q3*-1;+4. The molecule has 3 heteroatoms. The monoisotopic (exact) mass is 537 g/mol. The van der Waals surface area contributed by atoms with Crippen LogP contribution in [0.25, 0.3) is 4.98 Å². The van der Waals surface area contributed by atoms with Crippen LogP contribution in [0.2, 0.25) is 13.1 Å². The van der Waals surface area contributed by atoms with E-state index in [9.17, 15) is 0 Å². The van der Waals surface area contributed by atoms with Crippen LogP contribution in [0.4, 0.5) is 0 Å². The van der Waals surface area contributed by atoms with Crippen LogP contribution in [-0.4, -0.2) is 13.8 Å². The molecule has 0 aromatic carbocycles. The molecule has 5 fully saturated rings. The molecule has 0 N–H and O–H groups in total. The molecule has 0 aliphatic heterocycles. The SMILES string of the molecule is CC(C)(C)[C]1[CH][CH][C]([Si](C)(C)[N-]C23CC4CC(CC(C4)C2)C3)[CH]1.[CH3-].[CH3-].[Hf+4]. The Morgan fingerprint density at radius 3 is 1.77 bits per heavy atom. The van der Waals surface area contributed by atoms with Gasteiger partial charge in [-0.2, -0.15) is 0 Å². The molecular formula is C23H39HfNSi+. The number of rotatable bonds is 3. The van der Waals surface area contributed by atoms with E-state index in [2.05, 4.69) is 53.1 Å². The van der Waals surface area contributed by atoms with Gasteiger partial charge in [0.2, 0.25) is 0 Å². The van der Waals surface area contributed by atoms with Gasteiger partial charge in [-0.1, -0.05) is 61.4 Å². The molecule has 5 aliphatic carbocycles. The van der Waals surface area contributed by atoms with E-state index in [1.165, 1.54) is 44.4 Å². The third-order valence-electron chi connectivity index (χ3n) is 6.85. The maximum Gasteiger partial charge on any atom is 4.00 e. The van der Waals surface area contributed by atoms with Gasteiger partial charge in [0.1, 0.15) is 0 Å². The summed E-state index contributed by atoms with van der Waals surface area (Å²) >= 11 is 0. The summed E-state index contributed by atoms with van der Waals surface area (Å²) in [5.41, 5.74) is 2.17. The van der Waals surface area contributed by atoms with Gasteiger partial charge in [0.25, 0.3) is 0 Å². The van der Waals surface area contributed by atoms with E-state index in [1.807, 2.05) is 0 Å². The van der Waals surface area contributed by atoms with E-state index in [-0.39, 0.29) is 46.1 Å². The maximum absolute atomic E-state index is 5.70. The zero-order chi connectivity index (χ0) is 16.5. The van der Waals surface area contributed by atoms with Crippen molar-refractivity contribution in [2.45, 2.75) is 77.9 Å². The first kappa shape index (κ1) is 25.1. The van der Waals surface area contributed by atoms with E-state index in [1.54, 1.807) is 5.54 Å². The van der Waals surface area contributed by atoms with Crippen LogP contribution in [0.3, 0.4) is 0 Å². The molecule has 0 atom stereocenters. The van der Waals surface area contributed by atoms with Gasteiger partial charge in [-0.05, 0) is 73.2 Å². The molecule has 0 aromatic rings. The van der Waals surface area contributed by atoms with Crippen molar-refractivity contribution in [3.05, 3.63) is 50.6 Å². The van der Waals surface area contributed by atoms with Crippen LogP contribution in [-0.2, 0) is 25.8 Å². The van der Waals surface area contributed by atoms with Crippen LogP contribution in [0.5, 0.6) is 0 Å². The Hall–Kier alpha value is 1.05. The summed E-state index contributed by atoms with van der Waals surface area (Å²) in [6.45, 7) is 11.9. The van der Waals surface area contributed by atoms with Crippen molar-refractivity contribution in [3.8, 4) is 0 Å². The zero-order valence-corrected chi connectivity index (χ0v) is 22.7. The average molecular weight is 536 g/mol. The van der Waals surface area contributed by atoms with Crippen LogP contribution in [0, 0.1) is 68.7 Å². The van der Waals surface area contributed by atoms with Crippen molar-refractivity contribution in [1.82, 2.24) is 0 Å². The van der Waals surface area contributed by atoms with Gasteiger partial charge in [0.05, 0.1) is 0 Å². The molecule has 5 radical (unpaired) electrons. The van der Waals surface area contributed by atoms with E-state index in [4.69, 9.17) is 4.98 Å². The van der Waals surface area contributed by atoms with E-state index in [0.717, 1.165) is 17.8 Å². The Labute approximate surface area is 185 Å². The predicted molar refractivity (Wildman–Crippen MR) is 113 cm³/mol. The molecule has 0 amide bonds. The van der Waals surface area contributed by atoms with E-state index >= 15 is 0 Å².